The van der Waals surface area contributed by atoms with Gasteiger partial charge in [-0.05, 0) is 56.5 Å². The Kier molecular flexibility index (Phi) is 6.74. The molecule has 0 saturated heterocycles. The van der Waals surface area contributed by atoms with E-state index in [1.54, 1.807) is 20.0 Å². The number of benzene rings is 1. The molecule has 0 saturated carbocycles. The minimum atomic E-state index is -0.774. The van der Waals surface area contributed by atoms with Gasteiger partial charge < -0.3 is 9.47 Å². The number of carbonyl (C=O) groups excluding carboxylic acids is 2. The summed E-state index contributed by atoms with van der Waals surface area (Å²) in [6.45, 7) is 7.84. The quantitative estimate of drug-likeness (QED) is 0.459. The highest BCUT2D eigenvalue weighted by Crippen LogP contribution is 2.39. The van der Waals surface area contributed by atoms with Crippen LogP contribution in [0.1, 0.15) is 34.1 Å². The third-order valence-electron chi connectivity index (χ3n) is 5.46. The van der Waals surface area contributed by atoms with E-state index in [9.17, 15) is 9.59 Å². The molecule has 8 heteroatoms. The normalized spacial score (nSPS) is 16.3. The fraction of sp³-hybridized carbons (Fsp3) is 0.360. The maximum Gasteiger partial charge on any atom is 0.328 e. The van der Waals surface area contributed by atoms with Gasteiger partial charge in [0, 0.05) is 17.1 Å². The Morgan fingerprint density at radius 3 is 2.76 bits per heavy atom. The summed E-state index contributed by atoms with van der Waals surface area (Å²) in [5, 5.41) is 2.76. The Hall–Kier alpha value is -3.26. The second-order valence-electron chi connectivity index (χ2n) is 8.43. The molecule has 4 rings (SSSR count). The van der Waals surface area contributed by atoms with Gasteiger partial charge in [-0.2, -0.15) is 0 Å². The third-order valence-corrected chi connectivity index (χ3v) is 6.32. The van der Waals surface area contributed by atoms with Crippen molar-refractivity contribution in [2.24, 2.45) is 5.92 Å². The number of nitrogens with zero attached hydrogens (tertiary/aromatic N) is 3. The molecule has 0 radical (unpaired) electrons. The van der Waals surface area contributed by atoms with Crippen molar-refractivity contribution in [3.63, 3.8) is 0 Å². The number of carbonyl (C=O) groups is 2. The van der Waals surface area contributed by atoms with Crippen molar-refractivity contribution in [3.05, 3.63) is 48.0 Å². The van der Waals surface area contributed by atoms with E-state index in [0.717, 1.165) is 28.4 Å². The van der Waals surface area contributed by atoms with Crippen molar-refractivity contribution in [3.8, 4) is 27.7 Å². The fourth-order valence-corrected chi connectivity index (χ4v) is 4.36. The summed E-state index contributed by atoms with van der Waals surface area (Å²) in [6.07, 6.45) is 1.82. The standard InChI is InChI=1S/C25H27N3O4S/c1-15(2)10-12-31-25(30)16(3)28-21-13-18(8-9-22(21)32-17(4)24(28)29)20-14-33-23(27-20)19-7-5-6-11-26-19/h5-9,11,13-17H,10,12H2,1-4H3. The van der Waals surface area contributed by atoms with E-state index in [1.165, 1.54) is 16.2 Å². The summed E-state index contributed by atoms with van der Waals surface area (Å²) in [4.78, 5) is 36.3. The Labute approximate surface area is 197 Å². The number of aromatic nitrogens is 2. The predicted octanol–water partition coefficient (Wildman–Crippen LogP) is 4.96. The van der Waals surface area contributed by atoms with Gasteiger partial charge in [0.2, 0.25) is 0 Å². The molecule has 0 aliphatic carbocycles. The SMILES string of the molecule is CC(C)CCOC(=O)C(C)N1C(=O)C(C)Oc2ccc(-c3csc(-c4ccccn4)n3)cc21. The van der Waals surface area contributed by atoms with E-state index in [2.05, 4.69) is 18.8 Å². The zero-order valence-corrected chi connectivity index (χ0v) is 20.0. The van der Waals surface area contributed by atoms with Crippen LogP contribution >= 0.6 is 11.3 Å². The largest absolute Gasteiger partial charge is 0.479 e. The van der Waals surface area contributed by atoms with Crippen molar-refractivity contribution in [2.45, 2.75) is 46.3 Å². The summed E-state index contributed by atoms with van der Waals surface area (Å²) < 4.78 is 11.3. The topological polar surface area (TPSA) is 81.6 Å². The summed E-state index contributed by atoms with van der Waals surface area (Å²) in [7, 11) is 0. The summed E-state index contributed by atoms with van der Waals surface area (Å²) in [5.41, 5.74) is 2.93. The van der Waals surface area contributed by atoms with Crippen molar-refractivity contribution < 1.29 is 19.1 Å². The average Bonchev–Trinajstić information content (AvgIpc) is 3.30. The zero-order chi connectivity index (χ0) is 23.5. The van der Waals surface area contributed by atoms with Crippen LogP contribution in [0, 0.1) is 5.92 Å². The van der Waals surface area contributed by atoms with Gasteiger partial charge in [0.15, 0.2) is 6.10 Å². The molecule has 0 spiro atoms. The van der Waals surface area contributed by atoms with Gasteiger partial charge >= 0.3 is 5.97 Å². The molecule has 33 heavy (non-hydrogen) atoms. The molecule has 3 aromatic rings. The van der Waals surface area contributed by atoms with Crippen LogP contribution < -0.4 is 9.64 Å². The molecule has 1 aromatic carbocycles. The molecular formula is C25H27N3O4S. The van der Waals surface area contributed by atoms with Crippen molar-refractivity contribution in [1.29, 1.82) is 0 Å². The molecule has 0 bridgehead atoms. The van der Waals surface area contributed by atoms with Crippen LogP contribution in [0.5, 0.6) is 5.75 Å². The number of pyridine rings is 1. The number of rotatable bonds is 7. The van der Waals surface area contributed by atoms with E-state index in [0.29, 0.717) is 24.0 Å². The molecule has 2 aromatic heterocycles. The Morgan fingerprint density at radius 2 is 2.03 bits per heavy atom. The van der Waals surface area contributed by atoms with Gasteiger partial charge in [-0.3, -0.25) is 14.7 Å². The van der Waals surface area contributed by atoms with Crippen molar-refractivity contribution >= 4 is 28.9 Å². The molecule has 7 nitrogen and oxygen atoms in total. The average molecular weight is 466 g/mol. The van der Waals surface area contributed by atoms with E-state index in [1.807, 2.05) is 41.8 Å². The molecule has 1 aliphatic rings. The monoisotopic (exact) mass is 465 g/mol. The molecule has 1 aliphatic heterocycles. The number of anilines is 1. The first-order valence-corrected chi connectivity index (χ1v) is 11.9. The highest BCUT2D eigenvalue weighted by Gasteiger charge is 2.38. The molecule has 2 atom stereocenters. The third kappa shape index (κ3) is 4.90. The second-order valence-corrected chi connectivity index (χ2v) is 9.29. The van der Waals surface area contributed by atoms with Crippen LogP contribution in [0.3, 0.4) is 0 Å². The molecular weight excluding hydrogens is 438 g/mol. The van der Waals surface area contributed by atoms with Gasteiger partial charge in [0.05, 0.1) is 23.7 Å². The summed E-state index contributed by atoms with van der Waals surface area (Å²) in [6, 6.07) is 10.5. The van der Waals surface area contributed by atoms with E-state index >= 15 is 0 Å². The number of fused-ring (bicyclic) bond motifs is 1. The number of hydrogen-bond acceptors (Lipinski definition) is 7. The number of thiazole rings is 1. The second kappa shape index (κ2) is 9.70. The van der Waals surface area contributed by atoms with Gasteiger partial charge in [0.1, 0.15) is 16.8 Å². The van der Waals surface area contributed by atoms with Gasteiger partial charge in [-0.15, -0.1) is 11.3 Å². The maximum atomic E-state index is 13.0. The fourth-order valence-electron chi connectivity index (χ4n) is 3.55. The first kappa shape index (κ1) is 22.9. The molecule has 2 unspecified atom stereocenters. The molecule has 0 fully saturated rings. The minimum absolute atomic E-state index is 0.277. The lowest BCUT2D eigenvalue weighted by molar-refractivity contribution is -0.147. The van der Waals surface area contributed by atoms with Crippen molar-refractivity contribution in [2.75, 3.05) is 11.5 Å². The van der Waals surface area contributed by atoms with Gasteiger partial charge in [-0.1, -0.05) is 19.9 Å². The summed E-state index contributed by atoms with van der Waals surface area (Å²) in [5.74, 6) is 0.268. The lowest BCUT2D eigenvalue weighted by atomic mass is 10.1. The first-order chi connectivity index (χ1) is 15.8. The first-order valence-electron chi connectivity index (χ1n) is 11.0. The zero-order valence-electron chi connectivity index (χ0n) is 19.1. The number of esters is 1. The van der Waals surface area contributed by atoms with E-state index < -0.39 is 18.1 Å². The Balaban J connectivity index is 1.63. The highest BCUT2D eigenvalue weighted by molar-refractivity contribution is 7.13. The van der Waals surface area contributed by atoms with Crippen LogP contribution in [0.2, 0.25) is 0 Å². The van der Waals surface area contributed by atoms with E-state index in [4.69, 9.17) is 14.5 Å². The lowest BCUT2D eigenvalue weighted by Crippen LogP contribution is -2.52. The molecule has 172 valence electrons. The van der Waals surface area contributed by atoms with Gasteiger partial charge in [-0.25, -0.2) is 9.78 Å². The van der Waals surface area contributed by atoms with Crippen LogP contribution in [0.15, 0.2) is 48.0 Å². The lowest BCUT2D eigenvalue weighted by Gasteiger charge is -2.36. The van der Waals surface area contributed by atoms with Crippen LogP contribution in [-0.4, -0.2) is 40.6 Å². The predicted molar refractivity (Wildman–Crippen MR) is 128 cm³/mol. The summed E-state index contributed by atoms with van der Waals surface area (Å²) >= 11 is 1.50. The van der Waals surface area contributed by atoms with Crippen LogP contribution in [-0.2, 0) is 14.3 Å². The van der Waals surface area contributed by atoms with Gasteiger partial charge in [0.25, 0.3) is 5.91 Å². The van der Waals surface area contributed by atoms with Crippen LogP contribution in [0.4, 0.5) is 5.69 Å². The molecule has 3 heterocycles. The number of ether oxygens (including phenoxy) is 2. The van der Waals surface area contributed by atoms with E-state index in [-0.39, 0.29) is 5.91 Å². The van der Waals surface area contributed by atoms with Crippen molar-refractivity contribution in [1.82, 2.24) is 9.97 Å². The Bertz CT molecular complexity index is 1150. The minimum Gasteiger partial charge on any atom is -0.479 e. The molecule has 1 amide bonds. The molecule has 0 N–H and O–H groups in total. The number of hydrogen-bond donors (Lipinski definition) is 0. The Morgan fingerprint density at radius 1 is 1.21 bits per heavy atom. The highest BCUT2D eigenvalue weighted by atomic mass is 32.1. The maximum absolute atomic E-state index is 13.0. The number of amides is 1. The van der Waals surface area contributed by atoms with Crippen LogP contribution in [0.25, 0.3) is 22.0 Å². The smallest absolute Gasteiger partial charge is 0.328 e.